The van der Waals surface area contributed by atoms with Crippen molar-refractivity contribution < 1.29 is 0 Å². The summed E-state index contributed by atoms with van der Waals surface area (Å²) in [7, 11) is 0. The molecule has 0 aromatic rings. The fourth-order valence-corrected chi connectivity index (χ4v) is 5.76. The van der Waals surface area contributed by atoms with E-state index in [2.05, 4.69) is 40.2 Å². The summed E-state index contributed by atoms with van der Waals surface area (Å²) in [5, 5.41) is 0. The quantitative estimate of drug-likeness (QED) is 0.713. The van der Waals surface area contributed by atoms with E-state index in [1.807, 2.05) is 0 Å². The first-order valence-electron chi connectivity index (χ1n) is 5.94. The third-order valence-electron chi connectivity index (χ3n) is 3.10. The largest absolute Gasteiger partial charge is 0.282 e. The predicted molar refractivity (Wildman–Crippen MR) is 76.1 cm³/mol. The Hall–Kier alpha value is 1.01. The first-order valence-corrected chi connectivity index (χ1v) is 9.40. The minimum Gasteiger partial charge on any atom is -0.282 e. The minimum absolute atomic E-state index is 0.914. The van der Waals surface area contributed by atoms with Crippen molar-refractivity contribution in [3.63, 3.8) is 0 Å². The number of rotatable bonds is 1. The molecule has 1 nitrogen and oxygen atoms in total. The molecule has 1 saturated heterocycles. The Morgan fingerprint density at radius 1 is 0.733 bits per heavy atom. The SMILES string of the molecule is C1CCC(N2CSCCSCCSC2)C1. The molecule has 1 aliphatic carbocycles. The average Bonchev–Trinajstić information content (AvgIpc) is 2.79. The maximum absolute atomic E-state index is 2.73. The van der Waals surface area contributed by atoms with Crippen molar-refractivity contribution in [1.29, 1.82) is 0 Å². The average molecular weight is 263 g/mol. The Labute approximate surface area is 107 Å². The van der Waals surface area contributed by atoms with E-state index in [0.717, 1.165) is 6.04 Å². The zero-order valence-electron chi connectivity index (χ0n) is 9.32. The molecule has 0 N–H and O–H groups in total. The van der Waals surface area contributed by atoms with Crippen LogP contribution in [-0.2, 0) is 0 Å². The van der Waals surface area contributed by atoms with Crippen molar-refractivity contribution in [2.75, 3.05) is 34.8 Å². The molecule has 0 bridgehead atoms. The molecule has 2 fully saturated rings. The molecule has 0 unspecified atom stereocenters. The van der Waals surface area contributed by atoms with Gasteiger partial charge >= 0.3 is 0 Å². The maximum Gasteiger partial charge on any atom is 0.0455 e. The third kappa shape index (κ3) is 4.41. The summed E-state index contributed by atoms with van der Waals surface area (Å²) in [6, 6.07) is 0.914. The monoisotopic (exact) mass is 263 g/mol. The molecule has 0 amide bonds. The smallest absolute Gasteiger partial charge is 0.0455 e. The van der Waals surface area contributed by atoms with Gasteiger partial charge in [0, 0.05) is 40.8 Å². The zero-order chi connectivity index (χ0) is 10.3. The Bertz CT molecular complexity index is 161. The number of hydrogen-bond donors (Lipinski definition) is 0. The van der Waals surface area contributed by atoms with Gasteiger partial charge in [0.1, 0.15) is 0 Å². The van der Waals surface area contributed by atoms with E-state index in [1.54, 1.807) is 0 Å². The van der Waals surface area contributed by atoms with E-state index in [4.69, 9.17) is 0 Å². The van der Waals surface area contributed by atoms with Crippen molar-refractivity contribution in [2.24, 2.45) is 0 Å². The molecular formula is C11H21NS3. The van der Waals surface area contributed by atoms with Crippen LogP contribution in [0.15, 0.2) is 0 Å². The maximum atomic E-state index is 2.73. The zero-order valence-corrected chi connectivity index (χ0v) is 11.8. The van der Waals surface area contributed by atoms with Crippen LogP contribution in [0.1, 0.15) is 25.7 Å². The molecule has 15 heavy (non-hydrogen) atoms. The topological polar surface area (TPSA) is 3.24 Å². The van der Waals surface area contributed by atoms with E-state index in [0.29, 0.717) is 0 Å². The van der Waals surface area contributed by atoms with Gasteiger partial charge in [-0.25, -0.2) is 0 Å². The molecule has 0 spiro atoms. The van der Waals surface area contributed by atoms with Gasteiger partial charge in [-0.15, -0.1) is 23.5 Å². The summed E-state index contributed by atoms with van der Waals surface area (Å²) >= 11 is 6.40. The summed E-state index contributed by atoms with van der Waals surface area (Å²) in [6.07, 6.45) is 5.84. The second-order valence-electron chi connectivity index (χ2n) is 4.21. The molecule has 0 atom stereocenters. The highest BCUT2D eigenvalue weighted by Crippen LogP contribution is 2.27. The summed E-state index contributed by atoms with van der Waals surface area (Å²) in [5.74, 6) is 7.95. The van der Waals surface area contributed by atoms with Crippen molar-refractivity contribution in [3.05, 3.63) is 0 Å². The molecule has 0 aromatic carbocycles. The second kappa shape index (κ2) is 7.36. The highest BCUT2D eigenvalue weighted by molar-refractivity contribution is 8.04. The highest BCUT2D eigenvalue weighted by Gasteiger charge is 2.22. The van der Waals surface area contributed by atoms with Crippen LogP contribution in [0.4, 0.5) is 0 Å². The van der Waals surface area contributed by atoms with Gasteiger partial charge in [0.2, 0.25) is 0 Å². The summed E-state index contributed by atoms with van der Waals surface area (Å²) in [6.45, 7) is 0. The predicted octanol–water partition coefficient (Wildman–Crippen LogP) is 3.36. The molecule has 2 rings (SSSR count). The van der Waals surface area contributed by atoms with Gasteiger partial charge in [0.15, 0.2) is 0 Å². The van der Waals surface area contributed by atoms with Gasteiger partial charge in [-0.05, 0) is 12.8 Å². The first-order chi connectivity index (χ1) is 7.47. The Kier molecular flexibility index (Phi) is 6.12. The van der Waals surface area contributed by atoms with E-state index < -0.39 is 0 Å². The first kappa shape index (κ1) is 12.5. The van der Waals surface area contributed by atoms with E-state index >= 15 is 0 Å². The van der Waals surface area contributed by atoms with Crippen LogP contribution in [0.25, 0.3) is 0 Å². The van der Waals surface area contributed by atoms with Gasteiger partial charge < -0.3 is 0 Å². The molecule has 1 aliphatic heterocycles. The Morgan fingerprint density at radius 3 is 1.87 bits per heavy atom. The number of nitrogens with zero attached hydrogens (tertiary/aromatic N) is 1. The van der Waals surface area contributed by atoms with Crippen LogP contribution in [-0.4, -0.2) is 45.7 Å². The molecule has 4 heteroatoms. The van der Waals surface area contributed by atoms with Crippen LogP contribution in [0.3, 0.4) is 0 Å². The highest BCUT2D eigenvalue weighted by atomic mass is 32.2. The Balaban J connectivity index is 1.78. The lowest BCUT2D eigenvalue weighted by molar-refractivity contribution is 0.275. The summed E-state index contributed by atoms with van der Waals surface area (Å²) in [4.78, 5) is 2.73. The van der Waals surface area contributed by atoms with Gasteiger partial charge in [0.05, 0.1) is 0 Å². The molecular weight excluding hydrogens is 242 g/mol. The van der Waals surface area contributed by atoms with E-state index in [9.17, 15) is 0 Å². The van der Waals surface area contributed by atoms with Crippen molar-refractivity contribution in [3.8, 4) is 0 Å². The van der Waals surface area contributed by atoms with Gasteiger partial charge in [-0.3, -0.25) is 4.90 Å². The molecule has 2 aliphatic rings. The van der Waals surface area contributed by atoms with Crippen molar-refractivity contribution in [1.82, 2.24) is 4.90 Å². The van der Waals surface area contributed by atoms with Crippen molar-refractivity contribution >= 4 is 35.3 Å². The lowest BCUT2D eigenvalue weighted by atomic mass is 10.2. The Morgan fingerprint density at radius 2 is 1.27 bits per heavy atom. The lowest BCUT2D eigenvalue weighted by Gasteiger charge is -2.28. The van der Waals surface area contributed by atoms with Crippen LogP contribution < -0.4 is 0 Å². The lowest BCUT2D eigenvalue weighted by Crippen LogP contribution is -2.33. The van der Waals surface area contributed by atoms with Gasteiger partial charge in [-0.1, -0.05) is 12.8 Å². The second-order valence-corrected chi connectivity index (χ2v) is 7.59. The third-order valence-corrected chi connectivity index (χ3v) is 6.62. The molecule has 0 aromatic heterocycles. The normalized spacial score (nSPS) is 28.0. The van der Waals surface area contributed by atoms with Crippen LogP contribution in [0.5, 0.6) is 0 Å². The fraction of sp³-hybridized carbons (Fsp3) is 1.00. The number of hydrogen-bond acceptors (Lipinski definition) is 4. The number of thioether (sulfide) groups is 3. The van der Waals surface area contributed by atoms with Crippen molar-refractivity contribution in [2.45, 2.75) is 31.7 Å². The molecule has 1 heterocycles. The van der Waals surface area contributed by atoms with E-state index in [1.165, 1.54) is 60.4 Å². The van der Waals surface area contributed by atoms with Crippen LogP contribution in [0, 0.1) is 0 Å². The molecule has 1 saturated carbocycles. The van der Waals surface area contributed by atoms with Crippen LogP contribution >= 0.6 is 35.3 Å². The van der Waals surface area contributed by atoms with Crippen LogP contribution in [0.2, 0.25) is 0 Å². The van der Waals surface area contributed by atoms with Gasteiger partial charge in [0.25, 0.3) is 0 Å². The summed E-state index contributed by atoms with van der Waals surface area (Å²) in [5.41, 5.74) is 0. The summed E-state index contributed by atoms with van der Waals surface area (Å²) < 4.78 is 0. The fourth-order valence-electron chi connectivity index (χ4n) is 2.22. The standard InChI is InChI=1S/C11H21NS3/c1-2-4-11(3-1)12-9-14-7-5-13-6-8-15-10-12/h11H,1-10H2. The van der Waals surface area contributed by atoms with Gasteiger partial charge in [-0.2, -0.15) is 11.8 Å². The molecule has 0 radical (unpaired) electrons. The minimum atomic E-state index is 0.914. The van der Waals surface area contributed by atoms with E-state index in [-0.39, 0.29) is 0 Å². The molecule has 88 valence electrons.